The van der Waals surface area contributed by atoms with E-state index in [9.17, 15) is 5.11 Å². The van der Waals surface area contributed by atoms with Crippen molar-refractivity contribution in [1.29, 1.82) is 0 Å². The molecule has 0 aromatic heterocycles. The van der Waals surface area contributed by atoms with Crippen LogP contribution in [0.2, 0.25) is 0 Å². The molecule has 282 valence electrons. The van der Waals surface area contributed by atoms with Gasteiger partial charge in [-0.3, -0.25) is 0 Å². The number of rotatable bonds is 28. The maximum atomic E-state index is 9.79. The smallest absolute Gasteiger partial charge is 0.327 e. The molecule has 0 amide bonds. The first-order valence-corrected chi connectivity index (χ1v) is 20.9. The second-order valence-electron chi connectivity index (χ2n) is 16.0. The molecular formula is C38H72O8P2. The summed E-state index contributed by atoms with van der Waals surface area (Å²) in [5.41, 5.74) is 5.34. The summed E-state index contributed by atoms with van der Waals surface area (Å²) < 4.78 is 15.4. The van der Waals surface area contributed by atoms with E-state index in [2.05, 4.69) is 60.6 Å². The van der Waals surface area contributed by atoms with Crippen molar-refractivity contribution < 1.29 is 38.5 Å². The number of hydrogen-bond donors (Lipinski definition) is 5. The summed E-state index contributed by atoms with van der Waals surface area (Å²) in [6.07, 6.45) is 21.6. The van der Waals surface area contributed by atoms with Crippen molar-refractivity contribution in [3.63, 3.8) is 0 Å². The van der Waals surface area contributed by atoms with E-state index in [0.717, 1.165) is 12.8 Å². The monoisotopic (exact) mass is 718 g/mol. The largest absolute Gasteiger partial charge is 0.396 e. The number of aliphatic hydroxyl groups excluding tert-OH is 1. The van der Waals surface area contributed by atoms with E-state index < -0.39 is 29.2 Å². The Morgan fingerprint density at radius 2 is 0.896 bits per heavy atom. The fourth-order valence-electron chi connectivity index (χ4n) is 6.34. The lowest BCUT2D eigenvalue weighted by molar-refractivity contribution is -0.0500. The normalized spacial score (nSPS) is 13.0. The van der Waals surface area contributed by atoms with E-state index in [1.54, 1.807) is 16.7 Å². The van der Waals surface area contributed by atoms with E-state index in [1.807, 2.05) is 0 Å². The number of unbranched alkanes of at least 4 members (excludes halogenated alkanes) is 15. The summed E-state index contributed by atoms with van der Waals surface area (Å²) in [7, 11) is -5.19. The first-order valence-electron chi connectivity index (χ1n) is 18.6. The van der Waals surface area contributed by atoms with E-state index in [-0.39, 0.29) is 30.7 Å². The zero-order valence-corrected chi connectivity index (χ0v) is 33.4. The molecule has 5 N–H and O–H groups in total. The van der Waals surface area contributed by atoms with Crippen molar-refractivity contribution in [2.45, 2.75) is 168 Å². The van der Waals surface area contributed by atoms with Crippen molar-refractivity contribution >= 4 is 17.2 Å². The van der Waals surface area contributed by atoms with Gasteiger partial charge in [0, 0.05) is 6.61 Å². The van der Waals surface area contributed by atoms with Gasteiger partial charge in [0.15, 0.2) is 0 Å². The van der Waals surface area contributed by atoms with Gasteiger partial charge in [-0.2, -0.15) is 0 Å². The third-order valence-corrected chi connectivity index (χ3v) is 9.91. The Morgan fingerprint density at radius 1 is 0.542 bits per heavy atom. The summed E-state index contributed by atoms with van der Waals surface area (Å²) in [6, 6.07) is 4.86. The fraction of sp³-hybridized carbons (Fsp3) is 0.842. The summed E-state index contributed by atoms with van der Waals surface area (Å²) in [5.74, 6) is 0. The van der Waals surface area contributed by atoms with Crippen LogP contribution in [0.3, 0.4) is 0 Å². The average molecular weight is 719 g/mol. The van der Waals surface area contributed by atoms with Crippen LogP contribution in [0.5, 0.6) is 0 Å². The lowest BCUT2D eigenvalue weighted by atomic mass is 9.74. The molecule has 0 saturated heterocycles. The third-order valence-electron chi connectivity index (χ3n) is 9.19. The van der Waals surface area contributed by atoms with Gasteiger partial charge in [-0.1, -0.05) is 149 Å². The molecule has 0 aliphatic carbocycles. The zero-order chi connectivity index (χ0) is 36.1. The van der Waals surface area contributed by atoms with Gasteiger partial charge >= 0.3 is 17.2 Å². The number of aryl methyl sites for hydroxylation is 1. The van der Waals surface area contributed by atoms with Crippen LogP contribution >= 0.6 is 17.2 Å². The molecule has 0 aliphatic heterocycles. The Hall–Kier alpha value is -0.240. The van der Waals surface area contributed by atoms with Crippen LogP contribution in [0.15, 0.2) is 12.1 Å². The summed E-state index contributed by atoms with van der Waals surface area (Å²) in [5, 5.41) is 9.79. The summed E-state index contributed by atoms with van der Waals surface area (Å²) >= 11 is 0. The molecule has 1 aromatic carbocycles. The molecule has 1 aromatic rings. The molecule has 0 bridgehead atoms. The maximum absolute atomic E-state index is 9.79. The minimum Gasteiger partial charge on any atom is -0.396 e. The number of aliphatic hydroxyl groups is 1. The minimum absolute atomic E-state index is 0.0570. The van der Waals surface area contributed by atoms with E-state index in [0.29, 0.717) is 6.61 Å². The van der Waals surface area contributed by atoms with Gasteiger partial charge in [-0.25, -0.2) is 0 Å². The Kier molecular flexibility index (Phi) is 23.7. The molecule has 0 heterocycles. The number of hydrogen-bond acceptors (Lipinski definition) is 8. The van der Waals surface area contributed by atoms with E-state index >= 15 is 0 Å². The van der Waals surface area contributed by atoms with Crippen molar-refractivity contribution in [3.8, 4) is 0 Å². The first kappa shape index (κ1) is 45.8. The van der Waals surface area contributed by atoms with Gasteiger partial charge in [0.25, 0.3) is 0 Å². The lowest BCUT2D eigenvalue weighted by Crippen LogP contribution is -2.40. The van der Waals surface area contributed by atoms with Crippen LogP contribution in [-0.4, -0.2) is 57.7 Å². The van der Waals surface area contributed by atoms with Crippen molar-refractivity contribution in [1.82, 2.24) is 0 Å². The molecular weight excluding hydrogens is 646 g/mol. The summed E-state index contributed by atoms with van der Waals surface area (Å²) in [4.78, 5) is 36.1. The van der Waals surface area contributed by atoms with Gasteiger partial charge in [-0.15, -0.1) is 0 Å². The van der Waals surface area contributed by atoms with Crippen molar-refractivity contribution in [2.24, 2.45) is 5.41 Å². The van der Waals surface area contributed by atoms with Crippen LogP contribution in [0.25, 0.3) is 0 Å². The van der Waals surface area contributed by atoms with Crippen LogP contribution in [0.1, 0.15) is 167 Å². The Labute approximate surface area is 296 Å². The molecule has 1 rings (SSSR count). The van der Waals surface area contributed by atoms with Crippen LogP contribution in [0, 0.1) is 12.3 Å². The molecule has 0 spiro atoms. The zero-order valence-electron chi connectivity index (χ0n) is 31.6. The highest BCUT2D eigenvalue weighted by Crippen LogP contribution is 2.37. The van der Waals surface area contributed by atoms with Crippen molar-refractivity contribution in [2.75, 3.05) is 33.0 Å². The molecule has 48 heavy (non-hydrogen) atoms. The summed E-state index contributed by atoms with van der Waals surface area (Å²) in [6.45, 7) is 16.1. The van der Waals surface area contributed by atoms with Gasteiger partial charge in [0.05, 0.1) is 31.8 Å². The molecule has 0 fully saturated rings. The number of ether oxygens (including phenoxy) is 1. The second kappa shape index (κ2) is 24.9. The molecule has 0 atom stereocenters. The van der Waals surface area contributed by atoms with Crippen molar-refractivity contribution in [3.05, 3.63) is 34.4 Å². The quantitative estimate of drug-likeness (QED) is 0.0428. The van der Waals surface area contributed by atoms with Crippen LogP contribution in [-0.2, 0) is 31.0 Å². The Balaban J connectivity index is 2.07. The van der Waals surface area contributed by atoms with Gasteiger partial charge in [0.2, 0.25) is 0 Å². The van der Waals surface area contributed by atoms with Gasteiger partial charge in [-0.05, 0) is 53.7 Å². The number of benzene rings is 1. The highest BCUT2D eigenvalue weighted by molar-refractivity contribution is 7.39. The molecule has 0 aliphatic rings. The van der Waals surface area contributed by atoms with E-state index in [1.165, 1.54) is 102 Å². The molecule has 8 nitrogen and oxygen atoms in total. The second-order valence-corrected chi connectivity index (χ2v) is 17.5. The molecule has 0 saturated carbocycles. The highest BCUT2D eigenvalue weighted by Gasteiger charge is 2.33. The standard InChI is InChI=1S/C38H72O8P2/c1-32-26-34(36(2,3)4)33(35(27-32)37(5,6)7)24-22-20-18-16-14-12-10-8-9-11-13-15-17-19-21-23-25-44-29-38(28-39,30-45-47(40)41)31-46-48(42)43/h26-27,39-43H,8-25,28-31H2,1-7H3. The maximum Gasteiger partial charge on any atom is 0.327 e. The molecule has 10 heteroatoms. The Bertz CT molecular complexity index is 912. The predicted octanol–water partition coefficient (Wildman–Crippen LogP) is 9.83. The van der Waals surface area contributed by atoms with Crippen LogP contribution < -0.4 is 0 Å². The third kappa shape index (κ3) is 20.6. The first-order chi connectivity index (χ1) is 22.6. The van der Waals surface area contributed by atoms with Gasteiger partial charge in [0.1, 0.15) is 0 Å². The highest BCUT2D eigenvalue weighted by atomic mass is 31.2. The van der Waals surface area contributed by atoms with E-state index in [4.69, 9.17) is 33.4 Å². The Morgan fingerprint density at radius 3 is 1.23 bits per heavy atom. The predicted molar refractivity (Wildman–Crippen MR) is 201 cm³/mol. The average Bonchev–Trinajstić information content (AvgIpc) is 3.00. The SMILES string of the molecule is Cc1cc(C(C)(C)C)c(CCCCCCCCCCCCCCCCCCOCC(CO)(COP(O)O)COP(O)O)c(C(C)(C)C)c1. The molecule has 0 radical (unpaired) electrons. The minimum atomic E-state index is -2.59. The molecule has 0 unspecified atom stereocenters. The van der Waals surface area contributed by atoms with Gasteiger partial charge < -0.3 is 38.5 Å². The lowest BCUT2D eigenvalue weighted by Gasteiger charge is -2.31. The fourth-order valence-corrected chi connectivity index (χ4v) is 7.12. The van der Waals surface area contributed by atoms with Crippen LogP contribution in [0.4, 0.5) is 0 Å². The topological polar surface area (TPSA) is 129 Å².